The van der Waals surface area contributed by atoms with E-state index in [2.05, 4.69) is 325 Å². The van der Waals surface area contributed by atoms with E-state index in [0.717, 1.165) is 45.3 Å². The molecule has 0 bridgehead atoms. The molecule has 0 aliphatic heterocycles. The zero-order chi connectivity index (χ0) is 49.5. The van der Waals surface area contributed by atoms with Gasteiger partial charge in [-0.05, 0) is 187 Å². The smallest absolute Gasteiger partial charge is 0.0462 e. The Hall–Kier alpha value is -9.76. The minimum Gasteiger partial charge on any atom is -0.311 e. The minimum atomic E-state index is 1.09. The summed E-state index contributed by atoms with van der Waals surface area (Å²) in [5.74, 6) is 0. The molecule has 12 aromatic carbocycles. The zero-order valence-electron chi connectivity index (χ0n) is 40.9. The summed E-state index contributed by atoms with van der Waals surface area (Å²) in [6.45, 7) is 0. The molecular weight excluding hydrogens is 893 g/mol. The van der Waals surface area contributed by atoms with Crippen LogP contribution in [0.1, 0.15) is 0 Å². The van der Waals surface area contributed by atoms with Crippen molar-refractivity contribution in [2.45, 2.75) is 0 Å². The van der Waals surface area contributed by atoms with Crippen LogP contribution < -0.4 is 9.80 Å². The normalized spacial score (nSPS) is 11.0. The fraction of sp³-hybridized carbons (Fsp3) is 0. The lowest BCUT2D eigenvalue weighted by Crippen LogP contribution is -2.10. The van der Waals surface area contributed by atoms with Gasteiger partial charge in [0.25, 0.3) is 0 Å². The maximum Gasteiger partial charge on any atom is 0.0462 e. The van der Waals surface area contributed by atoms with E-state index in [1.165, 1.54) is 66.8 Å². The first-order valence-electron chi connectivity index (χ1n) is 25.3. The Balaban J connectivity index is 0.825. The second kappa shape index (κ2) is 20.9. The van der Waals surface area contributed by atoms with E-state index in [4.69, 9.17) is 0 Å². The molecule has 0 unspecified atom stereocenters. The molecule has 12 rings (SSSR count). The molecule has 0 spiro atoms. The van der Waals surface area contributed by atoms with Crippen molar-refractivity contribution in [1.82, 2.24) is 0 Å². The van der Waals surface area contributed by atoms with Crippen LogP contribution in [0, 0.1) is 0 Å². The van der Waals surface area contributed by atoms with E-state index < -0.39 is 0 Å². The lowest BCUT2D eigenvalue weighted by atomic mass is 9.93. The number of nitrogens with zero attached hydrogens (tertiary/aromatic N) is 2. The first-order valence-corrected chi connectivity index (χ1v) is 25.3. The molecule has 12 aromatic rings. The SMILES string of the molecule is c1ccc(-c2cc(-c3ccccc3)cc(-c3ccc(N(c4ccccc4)c4ccc(-c5ccc(N(c6ccccc6)c6ccc(-c7cc(-c8ccccc8)cc(-c8ccccc8)c7)cc6)cc5)cc4)cc3)c2)cc1. The summed E-state index contributed by atoms with van der Waals surface area (Å²) in [5, 5.41) is 0. The van der Waals surface area contributed by atoms with Crippen molar-refractivity contribution in [3.63, 3.8) is 0 Å². The molecule has 74 heavy (non-hydrogen) atoms. The second-order valence-electron chi connectivity index (χ2n) is 18.6. The Morgan fingerprint density at radius 2 is 0.270 bits per heavy atom. The summed E-state index contributed by atoms with van der Waals surface area (Å²) in [6.07, 6.45) is 0. The number of rotatable bonds is 13. The Labute approximate surface area is 435 Å². The van der Waals surface area contributed by atoms with Gasteiger partial charge in [-0.1, -0.05) is 206 Å². The van der Waals surface area contributed by atoms with Gasteiger partial charge in [-0.3, -0.25) is 0 Å². The van der Waals surface area contributed by atoms with Crippen LogP contribution in [0.25, 0.3) is 77.9 Å². The van der Waals surface area contributed by atoms with Gasteiger partial charge in [0, 0.05) is 34.1 Å². The Morgan fingerprint density at radius 3 is 0.473 bits per heavy atom. The summed E-state index contributed by atoms with van der Waals surface area (Å²) in [7, 11) is 0. The molecule has 0 aliphatic carbocycles. The van der Waals surface area contributed by atoms with Crippen LogP contribution in [-0.4, -0.2) is 0 Å². The molecule has 350 valence electrons. The molecule has 0 N–H and O–H groups in total. The molecule has 0 fully saturated rings. The molecule has 0 aromatic heterocycles. The standard InChI is InChI=1S/C72H52N2/c1-7-19-53(20-8-1)61-47-62(54-21-9-2-10-22-54)50-65(49-61)59-35-43-71(44-36-59)73(67-27-15-5-16-28-67)69-39-31-57(32-40-69)58-33-41-70(42-34-58)74(68-29-17-6-18-30-68)72-45-37-60(38-46-72)66-51-63(55-23-11-3-12-24-55)48-64(52-66)56-25-13-4-14-26-56/h1-52H. The van der Waals surface area contributed by atoms with Crippen LogP contribution in [0.5, 0.6) is 0 Å². The van der Waals surface area contributed by atoms with Crippen LogP contribution in [-0.2, 0) is 0 Å². The highest BCUT2D eigenvalue weighted by Crippen LogP contribution is 2.41. The number of hydrogen-bond donors (Lipinski definition) is 0. The molecule has 0 aliphatic rings. The van der Waals surface area contributed by atoms with Gasteiger partial charge in [0.2, 0.25) is 0 Å². The quantitative estimate of drug-likeness (QED) is 0.114. The lowest BCUT2D eigenvalue weighted by Gasteiger charge is -2.26. The largest absolute Gasteiger partial charge is 0.311 e. The van der Waals surface area contributed by atoms with Crippen molar-refractivity contribution in [3.05, 3.63) is 315 Å². The van der Waals surface area contributed by atoms with Crippen molar-refractivity contribution < 1.29 is 0 Å². The van der Waals surface area contributed by atoms with Crippen LogP contribution in [0.2, 0.25) is 0 Å². The van der Waals surface area contributed by atoms with Crippen molar-refractivity contribution in [1.29, 1.82) is 0 Å². The Morgan fingerprint density at radius 1 is 0.122 bits per heavy atom. The van der Waals surface area contributed by atoms with Crippen molar-refractivity contribution in [2.75, 3.05) is 9.80 Å². The first-order chi connectivity index (χ1) is 36.7. The molecule has 0 saturated carbocycles. The molecule has 0 saturated heterocycles. The number of para-hydroxylation sites is 2. The summed E-state index contributed by atoms with van der Waals surface area (Å²) in [6, 6.07) is 114. The van der Waals surface area contributed by atoms with E-state index in [1.54, 1.807) is 0 Å². The average molecular weight is 945 g/mol. The number of hydrogen-bond acceptors (Lipinski definition) is 2. The monoisotopic (exact) mass is 944 g/mol. The fourth-order valence-electron chi connectivity index (χ4n) is 10.0. The maximum atomic E-state index is 2.33. The van der Waals surface area contributed by atoms with Gasteiger partial charge in [-0.2, -0.15) is 0 Å². The Kier molecular flexibility index (Phi) is 12.8. The zero-order valence-corrected chi connectivity index (χ0v) is 40.9. The third-order valence-electron chi connectivity index (χ3n) is 13.8. The van der Waals surface area contributed by atoms with Crippen molar-refractivity contribution in [2.24, 2.45) is 0 Å². The van der Waals surface area contributed by atoms with Gasteiger partial charge in [0.15, 0.2) is 0 Å². The highest BCUT2D eigenvalue weighted by molar-refractivity contribution is 5.86. The molecule has 2 nitrogen and oxygen atoms in total. The number of benzene rings is 12. The molecule has 0 radical (unpaired) electrons. The second-order valence-corrected chi connectivity index (χ2v) is 18.6. The highest BCUT2D eigenvalue weighted by atomic mass is 15.1. The predicted octanol–water partition coefficient (Wildman–Crippen LogP) is 20.3. The van der Waals surface area contributed by atoms with Crippen LogP contribution >= 0.6 is 0 Å². The molecule has 0 heterocycles. The topological polar surface area (TPSA) is 6.48 Å². The van der Waals surface area contributed by atoms with Gasteiger partial charge in [0.1, 0.15) is 0 Å². The van der Waals surface area contributed by atoms with Gasteiger partial charge in [-0.15, -0.1) is 0 Å². The Bertz CT molecular complexity index is 3380. The lowest BCUT2D eigenvalue weighted by molar-refractivity contribution is 1.28. The highest BCUT2D eigenvalue weighted by Gasteiger charge is 2.17. The maximum absolute atomic E-state index is 2.33. The minimum absolute atomic E-state index is 1.09. The van der Waals surface area contributed by atoms with Crippen LogP contribution in [0.15, 0.2) is 315 Å². The molecule has 2 heteroatoms. The van der Waals surface area contributed by atoms with E-state index in [-0.39, 0.29) is 0 Å². The fourth-order valence-corrected chi connectivity index (χ4v) is 10.0. The van der Waals surface area contributed by atoms with E-state index in [9.17, 15) is 0 Å². The van der Waals surface area contributed by atoms with Gasteiger partial charge < -0.3 is 9.80 Å². The van der Waals surface area contributed by atoms with Gasteiger partial charge >= 0.3 is 0 Å². The van der Waals surface area contributed by atoms with Crippen LogP contribution in [0.3, 0.4) is 0 Å². The molecule has 0 amide bonds. The van der Waals surface area contributed by atoms with Crippen molar-refractivity contribution >= 4 is 34.1 Å². The van der Waals surface area contributed by atoms with Crippen molar-refractivity contribution in [3.8, 4) is 77.9 Å². The van der Waals surface area contributed by atoms with E-state index in [1.807, 2.05) is 0 Å². The summed E-state index contributed by atoms with van der Waals surface area (Å²) >= 11 is 0. The van der Waals surface area contributed by atoms with Gasteiger partial charge in [-0.25, -0.2) is 0 Å². The molecule has 0 atom stereocenters. The summed E-state index contributed by atoms with van der Waals surface area (Å²) in [4.78, 5) is 4.66. The predicted molar refractivity (Wildman–Crippen MR) is 314 cm³/mol. The average Bonchev–Trinajstić information content (AvgIpc) is 3.49. The third-order valence-corrected chi connectivity index (χ3v) is 13.8. The van der Waals surface area contributed by atoms with Crippen LogP contribution in [0.4, 0.5) is 34.1 Å². The third kappa shape index (κ3) is 9.81. The van der Waals surface area contributed by atoms with Gasteiger partial charge in [0.05, 0.1) is 0 Å². The summed E-state index contributed by atoms with van der Waals surface area (Å²) in [5.41, 5.74) is 23.2. The van der Waals surface area contributed by atoms with E-state index >= 15 is 0 Å². The molecular formula is C72H52N2. The first kappa shape index (κ1) is 45.4. The number of anilines is 6. The van der Waals surface area contributed by atoms with E-state index in [0.29, 0.717) is 0 Å². The summed E-state index contributed by atoms with van der Waals surface area (Å²) < 4.78 is 0.